The highest BCUT2D eigenvalue weighted by Gasteiger charge is 2.35. The summed E-state index contributed by atoms with van der Waals surface area (Å²) in [5, 5.41) is 4.79. The van der Waals surface area contributed by atoms with E-state index in [4.69, 9.17) is 21.1 Å². The smallest absolute Gasteiger partial charge is 0.410 e. The van der Waals surface area contributed by atoms with Crippen LogP contribution in [0.15, 0.2) is 36.1 Å². The summed E-state index contributed by atoms with van der Waals surface area (Å²) in [6.45, 7) is 6.52. The van der Waals surface area contributed by atoms with Crippen LogP contribution in [0.5, 0.6) is 5.75 Å². The third-order valence-corrected chi connectivity index (χ3v) is 6.74. The summed E-state index contributed by atoms with van der Waals surface area (Å²) in [4.78, 5) is 22.9. The molecule has 0 bridgehead atoms. The normalized spacial score (nSPS) is 14.3. The number of pyridine rings is 1. The Labute approximate surface area is 210 Å². The van der Waals surface area contributed by atoms with Gasteiger partial charge in [0.15, 0.2) is 5.15 Å². The van der Waals surface area contributed by atoms with E-state index in [0.29, 0.717) is 35.6 Å². The van der Waals surface area contributed by atoms with E-state index in [9.17, 15) is 9.18 Å². The number of aromatic nitrogens is 4. The van der Waals surface area contributed by atoms with Crippen molar-refractivity contribution in [1.29, 1.82) is 0 Å². The summed E-state index contributed by atoms with van der Waals surface area (Å²) in [6.07, 6.45) is 3.25. The van der Waals surface area contributed by atoms with E-state index in [1.54, 1.807) is 22.7 Å². The van der Waals surface area contributed by atoms with E-state index in [1.165, 1.54) is 30.6 Å². The predicted molar refractivity (Wildman–Crippen MR) is 132 cm³/mol. The zero-order valence-corrected chi connectivity index (χ0v) is 21.2. The van der Waals surface area contributed by atoms with Crippen LogP contribution >= 0.6 is 22.9 Å². The molecule has 0 spiro atoms. The Kier molecular flexibility index (Phi) is 5.88. The van der Waals surface area contributed by atoms with Gasteiger partial charge in [-0.1, -0.05) is 11.6 Å². The molecule has 4 heterocycles. The van der Waals surface area contributed by atoms with Gasteiger partial charge in [-0.05, 0) is 32.9 Å². The van der Waals surface area contributed by atoms with Crippen molar-refractivity contribution in [3.05, 3.63) is 47.1 Å². The van der Waals surface area contributed by atoms with Crippen molar-refractivity contribution in [2.75, 3.05) is 20.2 Å². The van der Waals surface area contributed by atoms with Gasteiger partial charge in [0.2, 0.25) is 0 Å². The van der Waals surface area contributed by atoms with Gasteiger partial charge < -0.3 is 14.4 Å². The van der Waals surface area contributed by atoms with Gasteiger partial charge in [-0.2, -0.15) is 5.10 Å². The fourth-order valence-corrected chi connectivity index (χ4v) is 5.11. The lowest BCUT2D eigenvalue weighted by atomic mass is 9.99. The van der Waals surface area contributed by atoms with Crippen molar-refractivity contribution in [2.45, 2.75) is 32.4 Å². The van der Waals surface area contributed by atoms with Gasteiger partial charge in [-0.25, -0.2) is 19.2 Å². The number of fused-ring (bicyclic) bond motifs is 1. The highest BCUT2D eigenvalue weighted by atomic mass is 35.5. The van der Waals surface area contributed by atoms with E-state index in [0.717, 1.165) is 15.8 Å². The maximum Gasteiger partial charge on any atom is 0.410 e. The van der Waals surface area contributed by atoms with Gasteiger partial charge in [0, 0.05) is 42.0 Å². The minimum absolute atomic E-state index is 0.0164. The molecule has 0 saturated carbocycles. The number of methoxy groups -OCH3 is 1. The average Bonchev–Trinajstić information content (AvgIpc) is 3.42. The molecule has 1 fully saturated rings. The summed E-state index contributed by atoms with van der Waals surface area (Å²) in [5.41, 5.74) is 4.47. The molecule has 1 aliphatic rings. The largest absolute Gasteiger partial charge is 0.496 e. The van der Waals surface area contributed by atoms with Crippen LogP contribution in [0.25, 0.3) is 32.6 Å². The van der Waals surface area contributed by atoms with Crippen LogP contribution < -0.4 is 4.74 Å². The first-order valence-corrected chi connectivity index (χ1v) is 12.2. The molecule has 1 aromatic carbocycles. The summed E-state index contributed by atoms with van der Waals surface area (Å²) in [6, 6.07) is 4.40. The maximum atomic E-state index is 13.9. The molecule has 0 aliphatic carbocycles. The monoisotopic (exact) mass is 515 g/mol. The van der Waals surface area contributed by atoms with Crippen molar-refractivity contribution < 1.29 is 18.7 Å². The van der Waals surface area contributed by atoms with Crippen molar-refractivity contribution in [1.82, 2.24) is 24.6 Å². The SMILES string of the molecule is COc1cc(F)ccc1-c1c(-c2cnn(C3CN(C(=O)OC(C)(C)C)C3)c2)nc(Cl)c2ncsc12. The van der Waals surface area contributed by atoms with Crippen molar-refractivity contribution >= 4 is 39.2 Å². The molecule has 182 valence electrons. The number of nitrogens with zero attached hydrogens (tertiary/aromatic N) is 5. The number of amides is 1. The molecule has 1 amide bonds. The van der Waals surface area contributed by atoms with Crippen LogP contribution in [-0.2, 0) is 4.74 Å². The van der Waals surface area contributed by atoms with Crippen molar-refractivity contribution in [3.8, 4) is 28.1 Å². The number of carbonyl (C=O) groups excluding carboxylic acids is 1. The molecule has 4 aromatic rings. The number of halogens is 2. The highest BCUT2D eigenvalue weighted by molar-refractivity contribution is 7.17. The second kappa shape index (κ2) is 8.76. The van der Waals surface area contributed by atoms with Crippen LogP contribution in [0.2, 0.25) is 5.15 Å². The fourth-order valence-electron chi connectivity index (χ4n) is 3.97. The zero-order valence-electron chi connectivity index (χ0n) is 19.6. The first-order valence-electron chi connectivity index (χ1n) is 10.9. The Bertz CT molecular complexity index is 1420. The second-order valence-corrected chi connectivity index (χ2v) is 10.5. The Hall–Kier alpha value is -3.24. The molecule has 0 atom stereocenters. The van der Waals surface area contributed by atoms with Crippen molar-refractivity contribution in [2.24, 2.45) is 0 Å². The standard InChI is InChI=1S/C24H23ClFN5O3S/c1-24(2,3)34-23(32)30-10-15(11-30)31-9-13(8-28-31)19-18(16-6-5-14(26)7-17(16)33-4)21-20(22(25)29-19)27-12-35-21/h5-9,12,15H,10-11H2,1-4H3. The van der Waals surface area contributed by atoms with Gasteiger partial charge in [-0.15, -0.1) is 11.3 Å². The number of carbonyl (C=O) groups is 1. The molecule has 0 unspecified atom stereocenters. The summed E-state index contributed by atoms with van der Waals surface area (Å²) in [7, 11) is 1.50. The fraction of sp³-hybridized carbons (Fsp3) is 0.333. The van der Waals surface area contributed by atoms with Crippen LogP contribution in [0.1, 0.15) is 26.8 Å². The minimum Gasteiger partial charge on any atom is -0.496 e. The minimum atomic E-state index is -0.543. The second-order valence-electron chi connectivity index (χ2n) is 9.25. The third-order valence-electron chi connectivity index (χ3n) is 5.63. The number of hydrogen-bond donors (Lipinski definition) is 0. The number of likely N-dealkylation sites (tertiary alicyclic amines) is 1. The lowest BCUT2D eigenvalue weighted by Gasteiger charge is -2.39. The van der Waals surface area contributed by atoms with E-state index in [1.807, 2.05) is 31.6 Å². The number of benzene rings is 1. The average molecular weight is 516 g/mol. The van der Waals surface area contributed by atoms with E-state index < -0.39 is 11.4 Å². The molecular formula is C24H23ClFN5O3S. The Morgan fingerprint density at radius 3 is 2.77 bits per heavy atom. The number of rotatable bonds is 4. The first kappa shape index (κ1) is 23.5. The molecule has 11 heteroatoms. The Morgan fingerprint density at radius 1 is 1.29 bits per heavy atom. The maximum absolute atomic E-state index is 13.9. The topological polar surface area (TPSA) is 82.4 Å². The van der Waals surface area contributed by atoms with Crippen LogP contribution in [0, 0.1) is 5.82 Å². The first-order chi connectivity index (χ1) is 16.6. The van der Waals surface area contributed by atoms with Crippen LogP contribution in [-0.4, -0.2) is 56.5 Å². The Balaban J connectivity index is 1.51. The third kappa shape index (κ3) is 4.43. The molecule has 3 aromatic heterocycles. The van der Waals surface area contributed by atoms with Crippen molar-refractivity contribution in [3.63, 3.8) is 0 Å². The zero-order chi connectivity index (χ0) is 24.9. The molecule has 1 saturated heterocycles. The lowest BCUT2D eigenvalue weighted by molar-refractivity contribution is -0.000383. The molecule has 5 rings (SSSR count). The highest BCUT2D eigenvalue weighted by Crippen LogP contribution is 2.44. The predicted octanol–water partition coefficient (Wildman–Crippen LogP) is 5.81. The summed E-state index contributed by atoms with van der Waals surface area (Å²) in [5.74, 6) is -0.0218. The summed E-state index contributed by atoms with van der Waals surface area (Å²) < 4.78 is 27.5. The molecule has 0 N–H and O–H groups in total. The van der Waals surface area contributed by atoms with Gasteiger partial charge in [0.05, 0.1) is 35.3 Å². The van der Waals surface area contributed by atoms with E-state index in [2.05, 4.69) is 15.1 Å². The van der Waals surface area contributed by atoms with Gasteiger partial charge in [0.1, 0.15) is 22.7 Å². The lowest BCUT2D eigenvalue weighted by Crippen LogP contribution is -2.52. The molecule has 8 nitrogen and oxygen atoms in total. The molecule has 35 heavy (non-hydrogen) atoms. The van der Waals surface area contributed by atoms with Gasteiger partial charge in [-0.3, -0.25) is 4.68 Å². The molecule has 1 aliphatic heterocycles. The Morgan fingerprint density at radius 2 is 2.06 bits per heavy atom. The number of hydrogen-bond acceptors (Lipinski definition) is 7. The van der Waals surface area contributed by atoms with Crippen LogP contribution in [0.3, 0.4) is 0 Å². The molecular weight excluding hydrogens is 493 g/mol. The number of ether oxygens (including phenoxy) is 2. The van der Waals surface area contributed by atoms with Crippen LogP contribution in [0.4, 0.5) is 9.18 Å². The number of thiazole rings is 1. The van der Waals surface area contributed by atoms with Gasteiger partial charge >= 0.3 is 6.09 Å². The van der Waals surface area contributed by atoms with Gasteiger partial charge in [0.25, 0.3) is 0 Å². The quantitative estimate of drug-likeness (QED) is 0.319. The summed E-state index contributed by atoms with van der Waals surface area (Å²) >= 11 is 7.90. The van der Waals surface area contributed by atoms with E-state index >= 15 is 0 Å². The van der Waals surface area contributed by atoms with E-state index in [-0.39, 0.29) is 17.3 Å². The molecule has 0 radical (unpaired) electrons.